The van der Waals surface area contributed by atoms with Crippen molar-refractivity contribution in [3.8, 4) is 5.88 Å². The Labute approximate surface area is 119 Å². The smallest absolute Gasteiger partial charge is 0.237 e. The summed E-state index contributed by atoms with van der Waals surface area (Å²) in [6.07, 6.45) is 5.05. The molecule has 2 heterocycles. The molecule has 0 amide bonds. The minimum absolute atomic E-state index is 0.0776. The van der Waals surface area contributed by atoms with E-state index < -0.39 is 0 Å². The van der Waals surface area contributed by atoms with Gasteiger partial charge in [-0.05, 0) is 19.8 Å². The summed E-state index contributed by atoms with van der Waals surface area (Å²) in [5.41, 5.74) is 2.56. The van der Waals surface area contributed by atoms with Crippen LogP contribution in [-0.4, -0.2) is 27.3 Å². The molecule has 0 aromatic carbocycles. The quantitative estimate of drug-likeness (QED) is 0.760. The van der Waals surface area contributed by atoms with Gasteiger partial charge in [0.15, 0.2) is 5.78 Å². The summed E-state index contributed by atoms with van der Waals surface area (Å²) in [6, 6.07) is 0. The molecular formula is C15H21N3O2. The van der Waals surface area contributed by atoms with E-state index in [2.05, 4.69) is 23.8 Å². The van der Waals surface area contributed by atoms with Gasteiger partial charge in [0.2, 0.25) is 11.7 Å². The highest BCUT2D eigenvalue weighted by atomic mass is 16.5. The monoisotopic (exact) mass is 275 g/mol. The predicted molar refractivity (Wildman–Crippen MR) is 77.5 cm³/mol. The highest BCUT2D eigenvalue weighted by molar-refractivity contribution is 5.94. The van der Waals surface area contributed by atoms with Crippen molar-refractivity contribution in [2.24, 2.45) is 0 Å². The lowest BCUT2D eigenvalue weighted by atomic mass is 10.1. The van der Waals surface area contributed by atoms with Crippen LogP contribution >= 0.6 is 0 Å². The molecule has 0 radical (unpaired) electrons. The third-order valence-electron chi connectivity index (χ3n) is 3.54. The fraction of sp³-hybridized carbons (Fsp3) is 0.533. The molecule has 0 aliphatic rings. The number of hydrogen-bond donors (Lipinski definition) is 0. The Bertz CT molecular complexity index is 632. The first-order chi connectivity index (χ1) is 9.62. The van der Waals surface area contributed by atoms with Gasteiger partial charge >= 0.3 is 0 Å². The zero-order valence-electron chi connectivity index (χ0n) is 12.6. The van der Waals surface area contributed by atoms with E-state index in [9.17, 15) is 4.79 Å². The minimum Gasteiger partial charge on any atom is -0.481 e. The summed E-state index contributed by atoms with van der Waals surface area (Å²) in [6.45, 7) is 6.13. The van der Waals surface area contributed by atoms with Crippen LogP contribution in [0.3, 0.4) is 0 Å². The van der Waals surface area contributed by atoms with Crippen LogP contribution in [0.25, 0.3) is 5.78 Å². The number of aryl methyl sites for hydroxylation is 1. The van der Waals surface area contributed by atoms with Crippen molar-refractivity contribution in [2.45, 2.75) is 46.5 Å². The van der Waals surface area contributed by atoms with Gasteiger partial charge in [0.05, 0.1) is 7.11 Å². The van der Waals surface area contributed by atoms with E-state index in [-0.39, 0.29) is 5.78 Å². The fourth-order valence-electron chi connectivity index (χ4n) is 2.33. The van der Waals surface area contributed by atoms with E-state index in [0.717, 1.165) is 30.5 Å². The zero-order chi connectivity index (χ0) is 14.7. The molecule has 108 valence electrons. The number of Topliss-reactive ketones (excluding diaryl/α,β-unsaturated/α-hetero) is 1. The van der Waals surface area contributed by atoms with Gasteiger partial charge in [0, 0.05) is 23.9 Å². The Balaban J connectivity index is 2.48. The Hall–Kier alpha value is -1.91. The van der Waals surface area contributed by atoms with Gasteiger partial charge in [-0.25, -0.2) is 4.98 Å². The Morgan fingerprint density at radius 3 is 2.70 bits per heavy atom. The van der Waals surface area contributed by atoms with Gasteiger partial charge in [-0.2, -0.15) is 4.98 Å². The third-order valence-corrected chi connectivity index (χ3v) is 3.54. The van der Waals surface area contributed by atoms with E-state index in [0.29, 0.717) is 23.8 Å². The van der Waals surface area contributed by atoms with E-state index in [1.807, 2.05) is 11.3 Å². The molecule has 0 aliphatic carbocycles. The van der Waals surface area contributed by atoms with Crippen LogP contribution in [-0.2, 0) is 6.42 Å². The molecule has 0 saturated carbocycles. The van der Waals surface area contributed by atoms with Crippen LogP contribution in [0.5, 0.6) is 5.88 Å². The summed E-state index contributed by atoms with van der Waals surface area (Å²) in [7, 11) is 1.60. The first kappa shape index (κ1) is 14.5. The number of imidazole rings is 1. The van der Waals surface area contributed by atoms with Crippen LogP contribution in [0.15, 0.2) is 6.20 Å². The number of carbonyl (C=O) groups is 1. The van der Waals surface area contributed by atoms with Crippen LogP contribution in [0.1, 0.15) is 54.9 Å². The van der Waals surface area contributed by atoms with Crippen molar-refractivity contribution in [1.29, 1.82) is 0 Å². The number of unbranched alkanes of at least 4 members (excludes halogenated alkanes) is 1. The summed E-state index contributed by atoms with van der Waals surface area (Å²) >= 11 is 0. The lowest BCUT2D eigenvalue weighted by molar-refractivity contribution is 0.0975. The Morgan fingerprint density at radius 1 is 1.35 bits per heavy atom. The Morgan fingerprint density at radius 2 is 2.10 bits per heavy atom. The van der Waals surface area contributed by atoms with Crippen LogP contribution in [0, 0.1) is 6.92 Å². The average molecular weight is 275 g/mol. The maximum absolute atomic E-state index is 12.1. The lowest BCUT2D eigenvalue weighted by Crippen LogP contribution is -2.03. The predicted octanol–water partition coefficient (Wildman–Crippen LogP) is 2.98. The number of ether oxygens (including phenoxy) is 1. The van der Waals surface area contributed by atoms with Gasteiger partial charge in [0.25, 0.3) is 0 Å². The van der Waals surface area contributed by atoms with Crippen molar-refractivity contribution in [1.82, 2.24) is 14.4 Å². The van der Waals surface area contributed by atoms with Crippen LogP contribution in [0.4, 0.5) is 0 Å². The fourth-order valence-corrected chi connectivity index (χ4v) is 2.33. The van der Waals surface area contributed by atoms with E-state index in [4.69, 9.17) is 4.74 Å². The van der Waals surface area contributed by atoms with Gasteiger partial charge in [-0.3, -0.25) is 9.20 Å². The first-order valence-electron chi connectivity index (χ1n) is 7.08. The number of methoxy groups -OCH3 is 1. The van der Waals surface area contributed by atoms with Crippen molar-refractivity contribution >= 4 is 11.6 Å². The number of fused-ring (bicyclic) bond motifs is 1. The van der Waals surface area contributed by atoms with Crippen LogP contribution < -0.4 is 4.74 Å². The Kier molecular flexibility index (Phi) is 4.37. The highest BCUT2D eigenvalue weighted by Gasteiger charge is 2.16. The lowest BCUT2D eigenvalue weighted by Gasteiger charge is -2.10. The second-order valence-electron chi connectivity index (χ2n) is 4.86. The third kappa shape index (κ3) is 2.53. The molecule has 0 saturated heterocycles. The number of ketones is 1. The second kappa shape index (κ2) is 6.03. The van der Waals surface area contributed by atoms with Gasteiger partial charge in [0.1, 0.15) is 5.69 Å². The molecule has 2 rings (SSSR count). The first-order valence-corrected chi connectivity index (χ1v) is 7.08. The SMILES string of the molecule is CCCCC(=O)c1cn2c(C)c(CC)c(OC)nc2n1. The van der Waals surface area contributed by atoms with Crippen LogP contribution in [0.2, 0.25) is 0 Å². The average Bonchev–Trinajstić information content (AvgIpc) is 2.88. The van der Waals surface area contributed by atoms with Crippen molar-refractivity contribution < 1.29 is 9.53 Å². The number of aromatic nitrogens is 3. The maximum atomic E-state index is 12.1. The molecule has 5 nitrogen and oxygen atoms in total. The number of nitrogens with zero attached hydrogens (tertiary/aromatic N) is 3. The van der Waals surface area contributed by atoms with E-state index in [1.165, 1.54) is 0 Å². The number of carbonyl (C=O) groups excluding carboxylic acids is 1. The summed E-state index contributed by atoms with van der Waals surface area (Å²) in [5, 5.41) is 0. The molecule has 20 heavy (non-hydrogen) atoms. The number of hydrogen-bond acceptors (Lipinski definition) is 4. The zero-order valence-corrected chi connectivity index (χ0v) is 12.6. The molecule has 0 unspecified atom stereocenters. The normalized spacial score (nSPS) is 11.0. The van der Waals surface area contributed by atoms with Gasteiger partial charge in [-0.1, -0.05) is 20.3 Å². The topological polar surface area (TPSA) is 56.5 Å². The summed E-state index contributed by atoms with van der Waals surface area (Å²) in [5.74, 6) is 1.20. The largest absolute Gasteiger partial charge is 0.481 e. The van der Waals surface area contributed by atoms with Crippen molar-refractivity contribution in [3.05, 3.63) is 23.1 Å². The van der Waals surface area contributed by atoms with Gasteiger partial charge in [-0.15, -0.1) is 0 Å². The standard InChI is InChI=1S/C15H21N3O2/c1-5-7-8-13(19)12-9-18-10(3)11(6-2)14(20-4)17-15(18)16-12/h9H,5-8H2,1-4H3. The highest BCUT2D eigenvalue weighted by Crippen LogP contribution is 2.22. The minimum atomic E-state index is 0.0776. The van der Waals surface area contributed by atoms with E-state index in [1.54, 1.807) is 13.3 Å². The number of rotatable bonds is 6. The maximum Gasteiger partial charge on any atom is 0.237 e. The molecular weight excluding hydrogens is 254 g/mol. The van der Waals surface area contributed by atoms with Gasteiger partial charge < -0.3 is 4.74 Å². The molecule has 2 aromatic heterocycles. The summed E-state index contributed by atoms with van der Waals surface area (Å²) < 4.78 is 7.19. The second-order valence-corrected chi connectivity index (χ2v) is 4.86. The molecule has 2 aromatic rings. The molecule has 0 bridgehead atoms. The molecule has 0 spiro atoms. The van der Waals surface area contributed by atoms with E-state index >= 15 is 0 Å². The van der Waals surface area contributed by atoms with Crippen molar-refractivity contribution in [3.63, 3.8) is 0 Å². The molecule has 0 aliphatic heterocycles. The van der Waals surface area contributed by atoms with Crippen molar-refractivity contribution in [2.75, 3.05) is 7.11 Å². The molecule has 0 N–H and O–H groups in total. The molecule has 5 heteroatoms. The molecule has 0 atom stereocenters. The summed E-state index contributed by atoms with van der Waals surface area (Å²) in [4.78, 5) is 20.8. The molecule has 0 fully saturated rings.